The molecule has 0 aliphatic carbocycles. The lowest BCUT2D eigenvalue weighted by Crippen LogP contribution is -2.39. The number of hydrazone groups is 1. The Kier molecular flexibility index (Phi) is 5.36. The van der Waals surface area contributed by atoms with E-state index < -0.39 is 0 Å². The van der Waals surface area contributed by atoms with E-state index in [1.54, 1.807) is 11.3 Å². The summed E-state index contributed by atoms with van der Waals surface area (Å²) in [4.78, 5) is 15.2. The third kappa shape index (κ3) is 4.12. The van der Waals surface area contributed by atoms with Gasteiger partial charge in [-0.3, -0.25) is 9.69 Å². The second kappa shape index (κ2) is 8.06. The van der Waals surface area contributed by atoms with Crippen LogP contribution in [0.3, 0.4) is 0 Å². The summed E-state index contributed by atoms with van der Waals surface area (Å²) < 4.78 is 11.0. The highest BCUT2D eigenvalue weighted by Crippen LogP contribution is 2.33. The van der Waals surface area contributed by atoms with Crippen molar-refractivity contribution in [3.05, 3.63) is 59.5 Å². The topological polar surface area (TPSA) is 58.3 Å². The maximum absolute atomic E-state index is 12.9. The molecule has 0 radical (unpaired) electrons. The van der Waals surface area contributed by atoms with Gasteiger partial charge in [-0.1, -0.05) is 29.8 Å². The van der Waals surface area contributed by atoms with Crippen molar-refractivity contribution >= 4 is 11.6 Å². The average molecular weight is 367 g/mol. The van der Waals surface area contributed by atoms with Crippen molar-refractivity contribution in [1.29, 1.82) is 0 Å². The van der Waals surface area contributed by atoms with Crippen LogP contribution in [-0.4, -0.2) is 54.4 Å². The molecule has 27 heavy (non-hydrogen) atoms. The van der Waals surface area contributed by atoms with Gasteiger partial charge in [0.2, 0.25) is 5.91 Å². The van der Waals surface area contributed by atoms with Crippen molar-refractivity contribution in [2.75, 3.05) is 32.8 Å². The number of morpholine rings is 1. The molecule has 6 heteroatoms. The van der Waals surface area contributed by atoms with Crippen LogP contribution in [0.5, 0.6) is 0 Å². The van der Waals surface area contributed by atoms with E-state index in [2.05, 4.69) is 41.2 Å². The minimum atomic E-state index is -0.173. The van der Waals surface area contributed by atoms with Crippen molar-refractivity contribution in [2.45, 2.75) is 25.8 Å². The van der Waals surface area contributed by atoms with Gasteiger partial charge >= 0.3 is 0 Å². The fourth-order valence-electron chi connectivity index (χ4n) is 3.56. The smallest absolute Gasteiger partial charge is 0.244 e. The van der Waals surface area contributed by atoms with Crippen LogP contribution in [0.15, 0.2) is 52.2 Å². The highest BCUT2D eigenvalue weighted by molar-refractivity contribution is 6.03. The lowest BCUT2D eigenvalue weighted by atomic mass is 10.0. The lowest BCUT2D eigenvalue weighted by Gasteiger charge is -2.27. The number of hydrogen-bond donors (Lipinski definition) is 0. The minimum Gasteiger partial charge on any atom is -0.467 e. The third-order valence-corrected chi connectivity index (χ3v) is 5.17. The van der Waals surface area contributed by atoms with E-state index in [0.717, 1.165) is 49.9 Å². The van der Waals surface area contributed by atoms with Crippen LogP contribution in [0.25, 0.3) is 0 Å². The predicted molar refractivity (Wildman–Crippen MR) is 103 cm³/mol. The van der Waals surface area contributed by atoms with Gasteiger partial charge < -0.3 is 9.15 Å². The molecule has 0 N–H and O–H groups in total. The highest BCUT2D eigenvalue weighted by Gasteiger charge is 2.34. The predicted octanol–water partition coefficient (Wildman–Crippen LogP) is 2.99. The molecule has 0 spiro atoms. The van der Waals surface area contributed by atoms with Gasteiger partial charge in [0.1, 0.15) is 11.8 Å². The Morgan fingerprint density at radius 3 is 2.67 bits per heavy atom. The van der Waals surface area contributed by atoms with Crippen molar-refractivity contribution in [1.82, 2.24) is 9.91 Å². The number of carbonyl (C=O) groups excluding carboxylic acids is 1. The Hall–Kier alpha value is -2.44. The summed E-state index contributed by atoms with van der Waals surface area (Å²) in [5.41, 5.74) is 3.19. The zero-order valence-corrected chi connectivity index (χ0v) is 15.6. The molecule has 1 aromatic carbocycles. The van der Waals surface area contributed by atoms with Gasteiger partial charge in [0.25, 0.3) is 0 Å². The molecule has 1 unspecified atom stereocenters. The van der Waals surface area contributed by atoms with E-state index in [1.807, 2.05) is 12.1 Å². The molecule has 0 saturated carbocycles. The summed E-state index contributed by atoms with van der Waals surface area (Å²) in [5, 5.41) is 6.31. The monoisotopic (exact) mass is 367 g/mol. The number of carbonyl (C=O) groups is 1. The fraction of sp³-hybridized carbons (Fsp3) is 0.429. The highest BCUT2D eigenvalue weighted by atomic mass is 16.5. The van der Waals surface area contributed by atoms with Crippen molar-refractivity contribution in [2.24, 2.45) is 5.10 Å². The van der Waals surface area contributed by atoms with E-state index in [0.29, 0.717) is 12.8 Å². The van der Waals surface area contributed by atoms with E-state index >= 15 is 0 Å². The number of rotatable bonds is 5. The number of nitrogens with zero attached hydrogens (tertiary/aromatic N) is 3. The first-order valence-corrected chi connectivity index (χ1v) is 9.51. The normalized spacial score (nSPS) is 20.7. The molecular formula is C21H25N3O3. The molecule has 1 atom stereocenters. The van der Waals surface area contributed by atoms with Crippen LogP contribution in [0.1, 0.15) is 35.8 Å². The molecule has 4 rings (SSSR count). The zero-order valence-electron chi connectivity index (χ0n) is 15.6. The van der Waals surface area contributed by atoms with Crippen LogP contribution in [-0.2, 0) is 9.53 Å². The van der Waals surface area contributed by atoms with Gasteiger partial charge in [-0.15, -0.1) is 0 Å². The van der Waals surface area contributed by atoms with Crippen LogP contribution >= 0.6 is 0 Å². The molecule has 0 bridgehead atoms. The number of hydrogen-bond acceptors (Lipinski definition) is 5. The standard InChI is InChI=1S/C21H25N3O3/c1-16-4-6-17(7-5-16)18-15-19(20-3-2-12-27-20)24(22-18)21(25)8-9-23-10-13-26-14-11-23/h2-7,12,19H,8-11,13-15H2,1H3. The first-order valence-electron chi connectivity index (χ1n) is 9.51. The van der Waals surface area contributed by atoms with Gasteiger partial charge in [0.05, 0.1) is 25.2 Å². The Morgan fingerprint density at radius 1 is 1.19 bits per heavy atom. The minimum absolute atomic E-state index is 0.0324. The van der Waals surface area contributed by atoms with E-state index in [9.17, 15) is 4.79 Å². The Bertz CT molecular complexity index is 793. The van der Waals surface area contributed by atoms with Crippen molar-refractivity contribution in [3.8, 4) is 0 Å². The van der Waals surface area contributed by atoms with Gasteiger partial charge in [-0.05, 0) is 24.6 Å². The van der Waals surface area contributed by atoms with Crippen molar-refractivity contribution in [3.63, 3.8) is 0 Å². The van der Waals surface area contributed by atoms with E-state index in [4.69, 9.17) is 9.15 Å². The third-order valence-electron chi connectivity index (χ3n) is 5.17. The largest absolute Gasteiger partial charge is 0.467 e. The molecule has 6 nitrogen and oxygen atoms in total. The molecule has 2 aliphatic heterocycles. The molecule has 1 fully saturated rings. The molecule has 2 aromatic rings. The van der Waals surface area contributed by atoms with Gasteiger partial charge in [0, 0.05) is 32.5 Å². The molecule has 3 heterocycles. The van der Waals surface area contributed by atoms with Crippen LogP contribution in [0, 0.1) is 6.92 Å². The SMILES string of the molecule is Cc1ccc(C2=NN(C(=O)CCN3CCOCC3)C(c3ccco3)C2)cc1. The number of ether oxygens (including phenoxy) is 1. The van der Waals surface area contributed by atoms with Gasteiger partial charge in [0.15, 0.2) is 0 Å². The molecule has 1 saturated heterocycles. The first-order chi connectivity index (χ1) is 13.2. The quantitative estimate of drug-likeness (QED) is 0.815. The zero-order chi connectivity index (χ0) is 18.6. The first kappa shape index (κ1) is 17.9. The second-order valence-electron chi connectivity index (χ2n) is 7.09. The molecule has 2 aliphatic rings. The number of benzene rings is 1. The molecule has 142 valence electrons. The molecule has 1 aromatic heterocycles. The summed E-state index contributed by atoms with van der Waals surface area (Å²) in [6.45, 7) is 6.04. The second-order valence-corrected chi connectivity index (χ2v) is 7.09. The summed E-state index contributed by atoms with van der Waals surface area (Å²) in [6, 6.07) is 11.9. The Labute approximate surface area is 159 Å². The number of amides is 1. The molecular weight excluding hydrogens is 342 g/mol. The fourth-order valence-corrected chi connectivity index (χ4v) is 3.56. The summed E-state index contributed by atoms with van der Waals surface area (Å²) in [7, 11) is 0. The summed E-state index contributed by atoms with van der Waals surface area (Å²) >= 11 is 0. The summed E-state index contributed by atoms with van der Waals surface area (Å²) in [6.07, 6.45) is 2.76. The molecule has 1 amide bonds. The van der Waals surface area contributed by atoms with Crippen LogP contribution in [0.2, 0.25) is 0 Å². The number of aryl methyl sites for hydroxylation is 1. The van der Waals surface area contributed by atoms with Crippen LogP contribution in [0.4, 0.5) is 0 Å². The Balaban J connectivity index is 1.50. The maximum atomic E-state index is 12.9. The Morgan fingerprint density at radius 2 is 1.96 bits per heavy atom. The average Bonchev–Trinajstić information content (AvgIpc) is 3.37. The van der Waals surface area contributed by atoms with E-state index in [-0.39, 0.29) is 11.9 Å². The lowest BCUT2D eigenvalue weighted by molar-refractivity contribution is -0.134. The maximum Gasteiger partial charge on any atom is 0.244 e. The van der Waals surface area contributed by atoms with Crippen molar-refractivity contribution < 1.29 is 13.9 Å². The number of furan rings is 1. The van der Waals surface area contributed by atoms with Gasteiger partial charge in [-0.2, -0.15) is 5.10 Å². The van der Waals surface area contributed by atoms with Gasteiger partial charge in [-0.25, -0.2) is 5.01 Å². The van der Waals surface area contributed by atoms with Crippen LogP contribution < -0.4 is 0 Å². The summed E-state index contributed by atoms with van der Waals surface area (Å²) in [5.74, 6) is 0.811. The van der Waals surface area contributed by atoms with E-state index in [1.165, 1.54) is 5.56 Å².